The first-order chi connectivity index (χ1) is 9.17. The fraction of sp³-hybridized carbons (Fsp3) is 0.143. The summed E-state index contributed by atoms with van der Waals surface area (Å²) in [6.45, 7) is 0. The molecule has 98 valence electrons. The van der Waals surface area contributed by atoms with E-state index in [1.807, 2.05) is 0 Å². The van der Waals surface area contributed by atoms with Gasteiger partial charge >= 0.3 is 5.97 Å². The maximum absolute atomic E-state index is 10.9. The second kappa shape index (κ2) is 5.39. The van der Waals surface area contributed by atoms with Crippen LogP contribution in [0.4, 0.5) is 0 Å². The molecule has 2 aromatic rings. The zero-order chi connectivity index (χ0) is 13.8. The first kappa shape index (κ1) is 12.9. The monoisotopic (exact) mass is 259 g/mol. The third-order valence-corrected chi connectivity index (χ3v) is 2.69. The third kappa shape index (κ3) is 2.49. The molecule has 5 nitrogen and oxygen atoms in total. The molecule has 1 aromatic heterocycles. The van der Waals surface area contributed by atoms with Gasteiger partial charge in [-0.05, 0) is 30.3 Å². The minimum Gasteiger partial charge on any atom is -0.496 e. The van der Waals surface area contributed by atoms with Crippen molar-refractivity contribution in [3.63, 3.8) is 0 Å². The number of pyridine rings is 1. The van der Waals surface area contributed by atoms with E-state index in [9.17, 15) is 4.79 Å². The lowest BCUT2D eigenvalue weighted by molar-refractivity contribution is 0.0696. The molecule has 0 radical (unpaired) electrons. The molecule has 2 rings (SSSR count). The molecular weight excluding hydrogens is 246 g/mol. The van der Waals surface area contributed by atoms with E-state index in [2.05, 4.69) is 4.98 Å². The Kier molecular flexibility index (Phi) is 3.66. The molecule has 0 aliphatic rings. The number of carboxylic acid groups (broad SMARTS) is 1. The molecule has 0 atom stereocenters. The van der Waals surface area contributed by atoms with Gasteiger partial charge in [-0.15, -0.1) is 0 Å². The van der Waals surface area contributed by atoms with Crippen LogP contribution in [0.25, 0.3) is 11.3 Å². The van der Waals surface area contributed by atoms with Crippen molar-refractivity contribution in [2.24, 2.45) is 0 Å². The Labute approximate surface area is 110 Å². The fourth-order valence-corrected chi connectivity index (χ4v) is 1.78. The number of nitrogens with zero attached hydrogens (tertiary/aromatic N) is 1. The summed E-state index contributed by atoms with van der Waals surface area (Å²) < 4.78 is 10.5. The SMILES string of the molecule is COc1cc(C(=O)O)ccc1-c1ncccc1OC. The summed E-state index contributed by atoms with van der Waals surface area (Å²) in [4.78, 5) is 15.2. The molecule has 0 spiro atoms. The normalized spacial score (nSPS) is 10.0. The van der Waals surface area contributed by atoms with Gasteiger partial charge in [0.05, 0.1) is 19.8 Å². The van der Waals surface area contributed by atoms with E-state index < -0.39 is 5.97 Å². The number of aromatic carboxylic acids is 1. The van der Waals surface area contributed by atoms with E-state index in [1.165, 1.54) is 19.2 Å². The lowest BCUT2D eigenvalue weighted by atomic mass is 10.1. The second-order valence-electron chi connectivity index (χ2n) is 3.77. The van der Waals surface area contributed by atoms with Crippen LogP contribution in [0.15, 0.2) is 36.5 Å². The van der Waals surface area contributed by atoms with Crippen molar-refractivity contribution in [3.05, 3.63) is 42.1 Å². The van der Waals surface area contributed by atoms with Crippen molar-refractivity contribution in [2.75, 3.05) is 14.2 Å². The predicted octanol–water partition coefficient (Wildman–Crippen LogP) is 2.46. The van der Waals surface area contributed by atoms with Crippen molar-refractivity contribution in [2.45, 2.75) is 0 Å². The number of methoxy groups -OCH3 is 2. The van der Waals surface area contributed by atoms with E-state index in [1.54, 1.807) is 31.5 Å². The zero-order valence-corrected chi connectivity index (χ0v) is 10.6. The molecule has 5 heteroatoms. The van der Waals surface area contributed by atoms with Crippen molar-refractivity contribution in [3.8, 4) is 22.8 Å². The number of hydrogen-bond donors (Lipinski definition) is 1. The Morgan fingerprint density at radius 2 is 1.89 bits per heavy atom. The smallest absolute Gasteiger partial charge is 0.335 e. The highest BCUT2D eigenvalue weighted by Gasteiger charge is 2.14. The van der Waals surface area contributed by atoms with Crippen molar-refractivity contribution in [1.29, 1.82) is 0 Å². The average Bonchev–Trinajstić information content (AvgIpc) is 2.46. The molecule has 0 unspecified atom stereocenters. The Morgan fingerprint density at radius 3 is 2.53 bits per heavy atom. The summed E-state index contributed by atoms with van der Waals surface area (Å²) >= 11 is 0. The summed E-state index contributed by atoms with van der Waals surface area (Å²) in [5, 5.41) is 8.97. The van der Waals surface area contributed by atoms with Gasteiger partial charge in [-0.1, -0.05) is 0 Å². The summed E-state index contributed by atoms with van der Waals surface area (Å²) in [7, 11) is 3.04. The molecule has 0 aliphatic carbocycles. The van der Waals surface area contributed by atoms with Gasteiger partial charge in [0.15, 0.2) is 0 Å². The van der Waals surface area contributed by atoms with Crippen LogP contribution in [0.1, 0.15) is 10.4 Å². The van der Waals surface area contributed by atoms with E-state index in [0.29, 0.717) is 22.8 Å². The van der Waals surface area contributed by atoms with Gasteiger partial charge in [0.1, 0.15) is 17.2 Å². The standard InChI is InChI=1S/C14H13NO4/c1-18-11-4-3-7-15-13(11)10-6-5-9(14(16)17)8-12(10)19-2/h3-8H,1-2H3,(H,16,17). The van der Waals surface area contributed by atoms with Crippen molar-refractivity contribution in [1.82, 2.24) is 4.98 Å². The van der Waals surface area contributed by atoms with Crippen LogP contribution < -0.4 is 9.47 Å². The largest absolute Gasteiger partial charge is 0.496 e. The topological polar surface area (TPSA) is 68.7 Å². The lowest BCUT2D eigenvalue weighted by Crippen LogP contribution is -1.99. The Bertz CT molecular complexity index is 610. The van der Waals surface area contributed by atoms with Crippen LogP contribution in [-0.2, 0) is 0 Å². The van der Waals surface area contributed by atoms with Crippen LogP contribution in [0.2, 0.25) is 0 Å². The highest BCUT2D eigenvalue weighted by molar-refractivity contribution is 5.89. The molecule has 0 aliphatic heterocycles. The first-order valence-electron chi connectivity index (χ1n) is 5.58. The minimum absolute atomic E-state index is 0.162. The molecule has 0 amide bonds. The van der Waals surface area contributed by atoms with Gasteiger partial charge in [0, 0.05) is 11.8 Å². The Morgan fingerprint density at radius 1 is 1.16 bits per heavy atom. The van der Waals surface area contributed by atoms with Crippen molar-refractivity contribution >= 4 is 5.97 Å². The quantitative estimate of drug-likeness (QED) is 0.913. The molecule has 1 heterocycles. The van der Waals surface area contributed by atoms with Gasteiger partial charge in [-0.25, -0.2) is 4.79 Å². The molecule has 0 saturated carbocycles. The van der Waals surface area contributed by atoms with Gasteiger partial charge in [0.25, 0.3) is 0 Å². The fourth-order valence-electron chi connectivity index (χ4n) is 1.78. The number of hydrogen-bond acceptors (Lipinski definition) is 4. The third-order valence-electron chi connectivity index (χ3n) is 2.69. The van der Waals surface area contributed by atoms with Crippen molar-refractivity contribution < 1.29 is 19.4 Å². The van der Waals surface area contributed by atoms with Crippen LogP contribution >= 0.6 is 0 Å². The summed E-state index contributed by atoms with van der Waals surface area (Å²) in [5.74, 6) is 0.0404. The Hall–Kier alpha value is -2.56. The van der Waals surface area contributed by atoms with Gasteiger partial charge in [-0.2, -0.15) is 0 Å². The number of ether oxygens (including phenoxy) is 2. The van der Waals surface area contributed by atoms with E-state index in [-0.39, 0.29) is 5.56 Å². The number of benzene rings is 1. The molecule has 19 heavy (non-hydrogen) atoms. The molecular formula is C14H13NO4. The lowest BCUT2D eigenvalue weighted by Gasteiger charge is -2.11. The first-order valence-corrected chi connectivity index (χ1v) is 5.58. The van der Waals surface area contributed by atoms with Crippen LogP contribution in [0.5, 0.6) is 11.5 Å². The van der Waals surface area contributed by atoms with E-state index >= 15 is 0 Å². The highest BCUT2D eigenvalue weighted by Crippen LogP contribution is 2.34. The molecule has 1 N–H and O–H groups in total. The molecule has 0 fully saturated rings. The number of aromatic nitrogens is 1. The second-order valence-corrected chi connectivity index (χ2v) is 3.77. The Balaban J connectivity index is 2.59. The van der Waals surface area contributed by atoms with Crippen LogP contribution in [0.3, 0.4) is 0 Å². The maximum Gasteiger partial charge on any atom is 0.335 e. The summed E-state index contributed by atoms with van der Waals surface area (Å²) in [5.41, 5.74) is 1.46. The average molecular weight is 259 g/mol. The van der Waals surface area contributed by atoms with Crippen LogP contribution in [0, 0.1) is 0 Å². The summed E-state index contributed by atoms with van der Waals surface area (Å²) in [6.07, 6.45) is 1.64. The van der Waals surface area contributed by atoms with Gasteiger partial charge in [-0.3, -0.25) is 4.98 Å². The van der Waals surface area contributed by atoms with Gasteiger partial charge < -0.3 is 14.6 Å². The summed E-state index contributed by atoms with van der Waals surface area (Å²) in [6, 6.07) is 8.18. The molecule has 1 aromatic carbocycles. The zero-order valence-electron chi connectivity index (χ0n) is 10.6. The predicted molar refractivity (Wildman–Crippen MR) is 69.7 cm³/mol. The maximum atomic E-state index is 10.9. The highest BCUT2D eigenvalue weighted by atomic mass is 16.5. The van der Waals surface area contributed by atoms with Gasteiger partial charge in [0.2, 0.25) is 0 Å². The van der Waals surface area contributed by atoms with Crippen LogP contribution in [-0.4, -0.2) is 30.3 Å². The molecule has 0 saturated heterocycles. The number of rotatable bonds is 4. The minimum atomic E-state index is -1.00. The number of carboxylic acids is 1. The number of carbonyl (C=O) groups is 1. The molecule has 0 bridgehead atoms. The van der Waals surface area contributed by atoms with E-state index in [0.717, 1.165) is 0 Å². The van der Waals surface area contributed by atoms with E-state index in [4.69, 9.17) is 14.6 Å².